The summed E-state index contributed by atoms with van der Waals surface area (Å²) in [5, 5.41) is 23.5. The average Bonchev–Trinajstić information content (AvgIpc) is 3.06. The summed E-state index contributed by atoms with van der Waals surface area (Å²) in [6.45, 7) is 4.19. The Morgan fingerprint density at radius 2 is 1.89 bits per heavy atom. The van der Waals surface area contributed by atoms with E-state index in [0.29, 0.717) is 0 Å². The van der Waals surface area contributed by atoms with Gasteiger partial charge in [0.2, 0.25) is 0 Å². The zero-order valence-electron chi connectivity index (χ0n) is 19.6. The number of benzene rings is 1. The second-order valence-electron chi connectivity index (χ2n) is 8.21. The van der Waals surface area contributed by atoms with Crippen molar-refractivity contribution in [2.45, 2.75) is 57.5 Å². The summed E-state index contributed by atoms with van der Waals surface area (Å²) < 4.78 is 36.5. The van der Waals surface area contributed by atoms with E-state index < -0.39 is 68.3 Å². The molecule has 3 rings (SSSR count). The van der Waals surface area contributed by atoms with E-state index in [-0.39, 0.29) is 9.45 Å². The molecule has 0 aliphatic carbocycles. The highest BCUT2D eigenvalue weighted by Crippen LogP contribution is 2.46. The van der Waals surface area contributed by atoms with Crippen molar-refractivity contribution in [3.63, 3.8) is 0 Å². The molecular formula is C21H27IN3O10P. The quantitative estimate of drug-likeness (QED) is 0.126. The number of nitrogens with zero attached hydrogens (tertiary/aromatic N) is 1. The summed E-state index contributed by atoms with van der Waals surface area (Å²) in [4.78, 5) is 38.1. The molecule has 1 aromatic carbocycles. The van der Waals surface area contributed by atoms with Gasteiger partial charge in [-0.25, -0.2) is 9.36 Å². The number of aromatic amines is 1. The van der Waals surface area contributed by atoms with Gasteiger partial charge in [-0.2, -0.15) is 5.09 Å². The molecule has 198 valence electrons. The Kier molecular flexibility index (Phi) is 9.49. The van der Waals surface area contributed by atoms with Gasteiger partial charge in [0, 0.05) is 6.07 Å². The monoisotopic (exact) mass is 639 g/mol. The van der Waals surface area contributed by atoms with Crippen molar-refractivity contribution in [3.8, 4) is 5.75 Å². The maximum atomic E-state index is 13.6. The van der Waals surface area contributed by atoms with E-state index in [9.17, 15) is 29.2 Å². The topological polar surface area (TPSA) is 178 Å². The van der Waals surface area contributed by atoms with Gasteiger partial charge in [0.15, 0.2) is 6.23 Å². The van der Waals surface area contributed by atoms with Crippen molar-refractivity contribution in [3.05, 3.63) is 60.9 Å². The molecule has 1 aromatic heterocycles. The first-order chi connectivity index (χ1) is 16.9. The number of para-hydroxylation sites is 1. The maximum Gasteiger partial charge on any atom is 0.459 e. The predicted octanol–water partition coefficient (Wildman–Crippen LogP) is 0.894. The smallest absolute Gasteiger partial charge is 0.459 e. The van der Waals surface area contributed by atoms with Gasteiger partial charge >= 0.3 is 19.4 Å². The average molecular weight is 639 g/mol. The number of carbonyl (C=O) groups excluding carboxylic acids is 1. The first kappa shape index (κ1) is 28.5. The number of hydrogen-bond donors (Lipinski definition) is 4. The van der Waals surface area contributed by atoms with Crippen molar-refractivity contribution in [1.29, 1.82) is 0 Å². The number of ether oxygens (including phenoxy) is 2. The zero-order chi connectivity index (χ0) is 26.6. The number of carbonyl (C=O) groups is 1. The van der Waals surface area contributed by atoms with Crippen molar-refractivity contribution in [1.82, 2.24) is 14.6 Å². The fourth-order valence-corrected chi connectivity index (χ4v) is 5.58. The molecule has 1 fully saturated rings. The third-order valence-corrected chi connectivity index (χ3v) is 7.43. The van der Waals surface area contributed by atoms with Crippen LogP contribution in [0.5, 0.6) is 5.75 Å². The number of esters is 1. The van der Waals surface area contributed by atoms with Crippen LogP contribution in [-0.2, 0) is 23.4 Å². The van der Waals surface area contributed by atoms with Gasteiger partial charge in [-0.1, -0.05) is 18.2 Å². The molecule has 1 saturated heterocycles. The highest BCUT2D eigenvalue weighted by atomic mass is 127. The minimum Gasteiger partial charge on any atom is -0.462 e. The summed E-state index contributed by atoms with van der Waals surface area (Å²) in [7, 11) is -4.25. The minimum atomic E-state index is -4.25. The van der Waals surface area contributed by atoms with Crippen LogP contribution in [-0.4, -0.2) is 62.8 Å². The van der Waals surface area contributed by atoms with E-state index in [4.69, 9.17) is 18.5 Å². The second kappa shape index (κ2) is 12.0. The lowest BCUT2D eigenvalue weighted by atomic mass is 10.1. The summed E-state index contributed by atoms with van der Waals surface area (Å²) in [6.07, 6.45) is -6.12. The van der Waals surface area contributed by atoms with E-state index in [0.717, 1.165) is 10.6 Å². The largest absolute Gasteiger partial charge is 0.462 e. The molecule has 36 heavy (non-hydrogen) atoms. The molecule has 6 atom stereocenters. The fourth-order valence-electron chi connectivity index (χ4n) is 3.30. The molecule has 4 N–H and O–H groups in total. The predicted molar refractivity (Wildman–Crippen MR) is 134 cm³/mol. The van der Waals surface area contributed by atoms with Crippen LogP contribution in [0.4, 0.5) is 0 Å². The second-order valence-corrected chi connectivity index (χ2v) is 11.0. The minimum absolute atomic E-state index is 0.163. The van der Waals surface area contributed by atoms with Crippen LogP contribution in [0.2, 0.25) is 0 Å². The molecule has 13 nitrogen and oxygen atoms in total. The van der Waals surface area contributed by atoms with Gasteiger partial charge in [-0.15, -0.1) is 0 Å². The van der Waals surface area contributed by atoms with Crippen LogP contribution in [0.25, 0.3) is 0 Å². The van der Waals surface area contributed by atoms with Crippen LogP contribution in [0.3, 0.4) is 0 Å². The van der Waals surface area contributed by atoms with Gasteiger partial charge in [0.1, 0.15) is 30.1 Å². The van der Waals surface area contributed by atoms with Crippen LogP contribution in [0.1, 0.15) is 27.0 Å². The van der Waals surface area contributed by atoms with Crippen LogP contribution in [0.15, 0.2) is 46.0 Å². The number of hydrogen-bond acceptors (Lipinski definition) is 10. The number of aromatic nitrogens is 2. The maximum absolute atomic E-state index is 13.6. The first-order valence-electron chi connectivity index (χ1n) is 10.9. The van der Waals surface area contributed by atoms with Crippen LogP contribution in [0, 0.1) is 3.70 Å². The molecular weight excluding hydrogens is 612 g/mol. The lowest BCUT2D eigenvalue weighted by Crippen LogP contribution is -2.39. The van der Waals surface area contributed by atoms with Gasteiger partial charge in [0.25, 0.3) is 5.56 Å². The Balaban J connectivity index is 1.78. The molecule has 1 aliphatic rings. The van der Waals surface area contributed by atoms with Crippen LogP contribution < -0.4 is 20.9 Å². The van der Waals surface area contributed by atoms with Gasteiger partial charge < -0.3 is 24.2 Å². The molecule has 2 unspecified atom stereocenters. The lowest BCUT2D eigenvalue weighted by Gasteiger charge is -2.25. The van der Waals surface area contributed by atoms with E-state index >= 15 is 0 Å². The Morgan fingerprint density at radius 1 is 1.22 bits per heavy atom. The molecule has 1 aliphatic heterocycles. The number of H-pyrrole nitrogens is 1. The van der Waals surface area contributed by atoms with Crippen molar-refractivity contribution in [2.75, 3.05) is 6.61 Å². The molecule has 2 heterocycles. The molecule has 0 bridgehead atoms. The zero-order valence-corrected chi connectivity index (χ0v) is 22.6. The van der Waals surface area contributed by atoms with Crippen molar-refractivity contribution >= 4 is 36.3 Å². The van der Waals surface area contributed by atoms with E-state index in [1.54, 1.807) is 54.6 Å². The Morgan fingerprint density at radius 3 is 2.50 bits per heavy atom. The highest BCUT2D eigenvalue weighted by Gasteiger charge is 2.46. The Hall–Kier alpha value is -2.07. The Labute approximate surface area is 219 Å². The van der Waals surface area contributed by atoms with Gasteiger partial charge in [-0.05, 0) is 55.5 Å². The molecule has 2 aromatic rings. The number of nitrogens with one attached hydrogen (secondary N) is 2. The summed E-state index contributed by atoms with van der Waals surface area (Å²) >= 11 is 1.72. The normalized spacial score (nSPS) is 24.3. The van der Waals surface area contributed by atoms with Crippen LogP contribution >= 0.6 is 30.3 Å². The number of aliphatic hydroxyl groups is 2. The number of halogens is 1. The summed E-state index contributed by atoms with van der Waals surface area (Å²) in [6, 6.07) is 8.10. The van der Waals surface area contributed by atoms with E-state index in [2.05, 4.69) is 10.1 Å². The summed E-state index contributed by atoms with van der Waals surface area (Å²) in [5.74, 6) is -0.511. The molecule has 0 radical (unpaired) electrons. The van der Waals surface area contributed by atoms with Crippen molar-refractivity contribution in [2.24, 2.45) is 0 Å². The highest BCUT2D eigenvalue weighted by molar-refractivity contribution is 14.1. The Bertz CT molecular complexity index is 1220. The first-order valence-corrected chi connectivity index (χ1v) is 13.5. The van der Waals surface area contributed by atoms with E-state index in [1.165, 1.54) is 19.1 Å². The standard InChI is InChI=1S/C21H27IN3O10P/c1-11(2)33-20(29)12(3)24-36(31,35-13-7-5-4-6-8-13)32-10-14-17(27)18(28)19(34-14)25-15(22)9-16(26)23-21(25)30/h4-9,11-12,14,17-19,27-28H,10H2,1-3H3,(H,24,31)(H,23,26,30)/t12-,14+,17+,18+,19?,36?/m0/s1. The fraction of sp³-hybridized carbons (Fsp3) is 0.476. The van der Waals surface area contributed by atoms with Gasteiger partial charge in [-0.3, -0.25) is 23.7 Å². The van der Waals surface area contributed by atoms with Gasteiger partial charge in [0.05, 0.1) is 16.4 Å². The third-order valence-electron chi connectivity index (χ3n) is 4.96. The molecule has 0 spiro atoms. The molecule has 15 heteroatoms. The SMILES string of the molecule is CC(C)OC(=O)[C@H](C)NP(=O)(OC[C@H]1OC(n2c(I)cc(=O)[nH]c2=O)[C@H](O)[C@@H]1O)Oc1ccccc1. The number of rotatable bonds is 10. The lowest BCUT2D eigenvalue weighted by molar-refractivity contribution is -0.149. The third kappa shape index (κ3) is 7.03. The van der Waals surface area contributed by atoms with E-state index in [1.807, 2.05) is 0 Å². The molecule has 0 saturated carbocycles. The number of aliphatic hydroxyl groups excluding tert-OH is 2. The summed E-state index contributed by atoms with van der Waals surface area (Å²) in [5.41, 5.74) is -1.48. The van der Waals surface area contributed by atoms with Crippen molar-refractivity contribution < 1.29 is 38.1 Å². The molecule has 0 amide bonds.